The van der Waals surface area contributed by atoms with Crippen LogP contribution in [0.3, 0.4) is 0 Å². The number of aromatic nitrogens is 4. The molecule has 1 aliphatic rings. The second-order valence-electron chi connectivity index (χ2n) is 8.73. The van der Waals surface area contributed by atoms with Crippen LogP contribution in [0.2, 0.25) is 5.02 Å². The van der Waals surface area contributed by atoms with Gasteiger partial charge in [0.2, 0.25) is 11.8 Å². The number of fused-ring (bicyclic) bond motifs is 4. The molecule has 1 aliphatic heterocycles. The van der Waals surface area contributed by atoms with E-state index in [1.807, 2.05) is 13.0 Å². The SMILES string of the molecule is COc1cnc2c(-c3nc4c(C)cc5c(c4s3)OCC(CN(C(=O)O)c3ccc(F)nc3)O5)cc(Cl)cc2n1. The summed E-state index contributed by atoms with van der Waals surface area (Å²) in [7, 11) is 1.52. The third-order valence-electron chi connectivity index (χ3n) is 6.15. The van der Waals surface area contributed by atoms with Gasteiger partial charge in [-0.3, -0.25) is 4.90 Å². The van der Waals surface area contributed by atoms with Crippen LogP contribution >= 0.6 is 22.9 Å². The normalized spacial score (nSPS) is 14.5. The van der Waals surface area contributed by atoms with Crippen molar-refractivity contribution >= 4 is 56.0 Å². The quantitative estimate of drug-likeness (QED) is 0.265. The molecular weight excluding hydrogens is 549 g/mol. The first-order chi connectivity index (χ1) is 18.8. The number of benzene rings is 2. The first-order valence-electron chi connectivity index (χ1n) is 11.7. The predicted octanol–water partition coefficient (Wildman–Crippen LogP) is 5.74. The largest absolute Gasteiger partial charge is 0.484 e. The second-order valence-corrected chi connectivity index (χ2v) is 10.2. The number of amides is 1. The molecule has 1 unspecified atom stereocenters. The zero-order valence-electron chi connectivity index (χ0n) is 20.5. The molecule has 10 nitrogen and oxygen atoms in total. The number of carbonyl (C=O) groups is 1. The lowest BCUT2D eigenvalue weighted by atomic mass is 10.1. The molecular formula is C26H19ClFN5O5S. The van der Waals surface area contributed by atoms with Crippen LogP contribution in [0.5, 0.6) is 17.4 Å². The molecule has 13 heteroatoms. The summed E-state index contributed by atoms with van der Waals surface area (Å²) in [5, 5.41) is 10.9. The van der Waals surface area contributed by atoms with Gasteiger partial charge in [-0.2, -0.15) is 4.39 Å². The van der Waals surface area contributed by atoms with Gasteiger partial charge in [0.15, 0.2) is 17.6 Å². The Morgan fingerprint density at radius 2 is 2.08 bits per heavy atom. The number of rotatable bonds is 5. The lowest BCUT2D eigenvalue weighted by Gasteiger charge is -2.30. The number of thiazole rings is 1. The minimum atomic E-state index is -1.22. The topological polar surface area (TPSA) is 120 Å². The highest BCUT2D eigenvalue weighted by atomic mass is 35.5. The smallest absolute Gasteiger partial charge is 0.411 e. The molecule has 0 saturated heterocycles. The first kappa shape index (κ1) is 25.0. The molecule has 1 N–H and O–H groups in total. The highest BCUT2D eigenvalue weighted by Crippen LogP contribution is 2.46. The van der Waals surface area contributed by atoms with Crippen molar-refractivity contribution in [3.63, 3.8) is 0 Å². The maximum atomic E-state index is 13.2. The number of anilines is 1. The Morgan fingerprint density at radius 1 is 1.23 bits per heavy atom. The maximum absolute atomic E-state index is 13.2. The van der Waals surface area contributed by atoms with Gasteiger partial charge in [0, 0.05) is 10.6 Å². The van der Waals surface area contributed by atoms with Crippen LogP contribution in [0.4, 0.5) is 14.9 Å². The van der Waals surface area contributed by atoms with E-state index in [1.54, 1.807) is 18.3 Å². The van der Waals surface area contributed by atoms with Crippen LogP contribution < -0.4 is 19.1 Å². The third kappa shape index (κ3) is 4.61. The summed E-state index contributed by atoms with van der Waals surface area (Å²) in [4.78, 5) is 30.3. The minimum Gasteiger partial charge on any atom is -0.484 e. The Labute approximate surface area is 229 Å². The Balaban J connectivity index is 1.35. The van der Waals surface area contributed by atoms with Crippen molar-refractivity contribution in [3.05, 3.63) is 59.3 Å². The van der Waals surface area contributed by atoms with E-state index in [-0.39, 0.29) is 18.8 Å². The van der Waals surface area contributed by atoms with Crippen molar-refractivity contribution in [2.75, 3.05) is 25.2 Å². The fraction of sp³-hybridized carbons (Fsp3) is 0.192. The van der Waals surface area contributed by atoms with Crippen molar-refractivity contribution < 1.29 is 28.5 Å². The lowest BCUT2D eigenvalue weighted by molar-refractivity contribution is 0.0961. The first-order valence-corrected chi connectivity index (χ1v) is 12.9. The van der Waals surface area contributed by atoms with Crippen molar-refractivity contribution in [2.24, 2.45) is 0 Å². The van der Waals surface area contributed by atoms with Gasteiger partial charge in [-0.05, 0) is 42.8 Å². The Bertz CT molecular complexity index is 1750. The number of methoxy groups -OCH3 is 1. The predicted molar refractivity (Wildman–Crippen MR) is 144 cm³/mol. The standard InChI is InChI=1S/C26H19ClFN5O5S/c1-12-5-18-23(37-11-15(38-18)10-33(26(34)35)14-3-4-19(28)29-8-14)24-21(12)32-25(39-24)16-6-13(27)7-17-22(16)30-9-20(31-17)36-2/h3-9,15H,10-11H2,1-2H3,(H,34,35). The van der Waals surface area contributed by atoms with Crippen LogP contribution in [-0.4, -0.2) is 57.5 Å². The fourth-order valence-corrected chi connectivity index (χ4v) is 5.73. The number of halogens is 2. The van der Waals surface area contributed by atoms with E-state index in [0.29, 0.717) is 38.4 Å². The fourth-order valence-electron chi connectivity index (χ4n) is 4.36. The Kier molecular flexibility index (Phi) is 6.28. The zero-order chi connectivity index (χ0) is 27.3. The monoisotopic (exact) mass is 567 g/mol. The maximum Gasteiger partial charge on any atom is 0.411 e. The molecule has 0 saturated carbocycles. The number of carboxylic acid groups (broad SMARTS) is 1. The van der Waals surface area contributed by atoms with Gasteiger partial charge in [0.1, 0.15) is 16.3 Å². The van der Waals surface area contributed by atoms with E-state index in [0.717, 1.165) is 38.5 Å². The molecule has 4 heterocycles. The van der Waals surface area contributed by atoms with E-state index in [9.17, 15) is 14.3 Å². The molecule has 3 aromatic heterocycles. The number of nitrogens with zero attached hydrogens (tertiary/aromatic N) is 5. The van der Waals surface area contributed by atoms with E-state index < -0.39 is 18.1 Å². The number of aryl methyl sites for hydroxylation is 1. The van der Waals surface area contributed by atoms with Gasteiger partial charge in [0.05, 0.1) is 48.3 Å². The Morgan fingerprint density at radius 3 is 2.82 bits per heavy atom. The van der Waals surface area contributed by atoms with Crippen LogP contribution in [0, 0.1) is 12.9 Å². The van der Waals surface area contributed by atoms with E-state index >= 15 is 0 Å². The van der Waals surface area contributed by atoms with Crippen LogP contribution in [0.25, 0.3) is 31.8 Å². The molecule has 39 heavy (non-hydrogen) atoms. The van der Waals surface area contributed by atoms with Crippen LogP contribution in [0.15, 0.2) is 42.7 Å². The van der Waals surface area contributed by atoms with Gasteiger partial charge < -0.3 is 19.3 Å². The highest BCUT2D eigenvalue weighted by Gasteiger charge is 2.30. The van der Waals surface area contributed by atoms with Gasteiger partial charge >= 0.3 is 6.09 Å². The van der Waals surface area contributed by atoms with Gasteiger partial charge in [-0.25, -0.2) is 24.7 Å². The van der Waals surface area contributed by atoms with Crippen LogP contribution in [-0.2, 0) is 0 Å². The zero-order valence-corrected chi connectivity index (χ0v) is 22.1. The van der Waals surface area contributed by atoms with Crippen LogP contribution in [0.1, 0.15) is 5.56 Å². The molecule has 0 aliphatic carbocycles. The molecule has 0 bridgehead atoms. The number of hydrogen-bond acceptors (Lipinski definition) is 9. The van der Waals surface area contributed by atoms with E-state index in [2.05, 4.69) is 15.0 Å². The summed E-state index contributed by atoms with van der Waals surface area (Å²) >= 11 is 7.81. The second kappa shape index (κ2) is 9.79. The summed E-state index contributed by atoms with van der Waals surface area (Å²) < 4.78 is 31.5. The van der Waals surface area contributed by atoms with Crippen molar-refractivity contribution in [2.45, 2.75) is 13.0 Å². The van der Waals surface area contributed by atoms with Crippen molar-refractivity contribution in [3.8, 4) is 28.0 Å². The molecule has 1 atom stereocenters. The van der Waals surface area contributed by atoms with Gasteiger partial charge in [-0.1, -0.05) is 11.6 Å². The highest BCUT2D eigenvalue weighted by molar-refractivity contribution is 7.22. The number of pyridine rings is 1. The molecule has 0 fully saturated rings. The van der Waals surface area contributed by atoms with Crippen molar-refractivity contribution in [1.29, 1.82) is 0 Å². The summed E-state index contributed by atoms with van der Waals surface area (Å²) in [6.45, 7) is 1.97. The summed E-state index contributed by atoms with van der Waals surface area (Å²) in [6.07, 6.45) is 0.879. The van der Waals surface area contributed by atoms with Gasteiger partial charge in [-0.15, -0.1) is 11.3 Å². The van der Waals surface area contributed by atoms with Gasteiger partial charge in [0.25, 0.3) is 0 Å². The molecule has 1 amide bonds. The summed E-state index contributed by atoms with van der Waals surface area (Å²) in [6, 6.07) is 7.78. The molecule has 198 valence electrons. The molecule has 5 aromatic rings. The molecule has 2 aromatic carbocycles. The summed E-state index contributed by atoms with van der Waals surface area (Å²) in [5.74, 6) is 0.688. The number of ether oxygens (including phenoxy) is 3. The lowest BCUT2D eigenvalue weighted by Crippen LogP contribution is -2.43. The van der Waals surface area contributed by atoms with Crippen molar-refractivity contribution in [1.82, 2.24) is 19.9 Å². The van der Waals surface area contributed by atoms with E-state index in [1.165, 1.54) is 24.5 Å². The Hall–Kier alpha value is -4.29. The van der Waals surface area contributed by atoms with E-state index in [4.69, 9.17) is 30.8 Å². The molecule has 6 rings (SSSR count). The minimum absolute atomic E-state index is 0.0379. The summed E-state index contributed by atoms with van der Waals surface area (Å²) in [5.41, 5.74) is 3.76. The average molecular weight is 568 g/mol. The average Bonchev–Trinajstić information content (AvgIpc) is 3.37. The third-order valence-corrected chi connectivity index (χ3v) is 7.46. The molecule has 0 radical (unpaired) electrons. The molecule has 0 spiro atoms. The number of hydrogen-bond donors (Lipinski definition) is 1.